The Morgan fingerprint density at radius 3 is 2.75 bits per heavy atom. The largest absolute Gasteiger partial charge is 0.497 e. The molecule has 1 amide bonds. The Morgan fingerprint density at radius 2 is 2.00 bits per heavy atom. The van der Waals surface area contributed by atoms with E-state index in [4.69, 9.17) is 32.4 Å². The van der Waals surface area contributed by atoms with E-state index in [1.807, 2.05) is 42.5 Å². The molecule has 5 rings (SSSR count). The highest BCUT2D eigenvalue weighted by Crippen LogP contribution is 2.38. The number of carbonyl (C=O) groups is 1. The molecule has 1 aliphatic heterocycles. The maximum absolute atomic E-state index is 13.2. The van der Waals surface area contributed by atoms with E-state index in [-0.39, 0.29) is 11.7 Å². The number of carbonyl (C=O) groups excluding carboxylic acids is 1. The number of aromatic nitrogens is 1. The Bertz CT molecular complexity index is 1350. The molecule has 4 aromatic rings. The van der Waals surface area contributed by atoms with E-state index in [9.17, 15) is 4.79 Å². The van der Waals surface area contributed by atoms with Crippen LogP contribution in [0.5, 0.6) is 5.75 Å². The van der Waals surface area contributed by atoms with Crippen LogP contribution in [0.25, 0.3) is 10.9 Å². The molecular formula is C24H17Cl2N3O3. The fourth-order valence-corrected chi connectivity index (χ4v) is 4.26. The van der Waals surface area contributed by atoms with E-state index in [0.717, 1.165) is 16.7 Å². The summed E-state index contributed by atoms with van der Waals surface area (Å²) in [6.07, 6.45) is 1.91. The molecule has 32 heavy (non-hydrogen) atoms. The molecule has 0 fully saturated rings. The van der Waals surface area contributed by atoms with E-state index in [2.05, 4.69) is 10.1 Å². The number of furan rings is 1. The van der Waals surface area contributed by atoms with Gasteiger partial charge >= 0.3 is 5.91 Å². The van der Waals surface area contributed by atoms with Gasteiger partial charge in [-0.15, -0.1) is 0 Å². The van der Waals surface area contributed by atoms with Crippen LogP contribution in [0.3, 0.4) is 0 Å². The SMILES string of the molecule is COc1ccc2cc([C@H]3CC(c4cccc(Cl)c4)=NN3C(=O)c3ccco3)c(Cl)nc2c1. The number of hydrazone groups is 1. The number of fused-ring (bicyclic) bond motifs is 1. The molecule has 0 saturated carbocycles. The van der Waals surface area contributed by atoms with Crippen molar-refractivity contribution < 1.29 is 13.9 Å². The minimum Gasteiger partial charge on any atom is -0.497 e. The average Bonchev–Trinajstić information content (AvgIpc) is 3.48. The van der Waals surface area contributed by atoms with Crippen molar-refractivity contribution in [1.29, 1.82) is 0 Å². The third-order valence-corrected chi connectivity index (χ3v) is 5.91. The first kappa shape index (κ1) is 20.5. The normalized spacial score (nSPS) is 15.8. The van der Waals surface area contributed by atoms with Gasteiger partial charge in [0.1, 0.15) is 10.9 Å². The lowest BCUT2D eigenvalue weighted by Gasteiger charge is -2.22. The lowest BCUT2D eigenvalue weighted by Crippen LogP contribution is -2.27. The smallest absolute Gasteiger partial charge is 0.310 e. The number of rotatable bonds is 4. The van der Waals surface area contributed by atoms with Crippen molar-refractivity contribution in [2.24, 2.45) is 5.10 Å². The highest BCUT2D eigenvalue weighted by atomic mass is 35.5. The standard InChI is InChI=1S/C24H17Cl2N3O3/c1-31-17-8-7-15-11-18(23(26)27-19(15)12-17)21-13-20(14-4-2-5-16(25)10-14)28-29(21)24(30)22-6-3-9-32-22/h2-12,21H,13H2,1H3/t21-/m1/s1. The number of pyridine rings is 1. The van der Waals surface area contributed by atoms with Crippen molar-refractivity contribution in [3.8, 4) is 5.75 Å². The van der Waals surface area contributed by atoms with Crippen LogP contribution in [0.15, 0.2) is 76.4 Å². The van der Waals surface area contributed by atoms with E-state index in [0.29, 0.717) is 33.4 Å². The van der Waals surface area contributed by atoms with Crippen LogP contribution < -0.4 is 4.74 Å². The zero-order valence-electron chi connectivity index (χ0n) is 17.0. The fourth-order valence-electron chi connectivity index (χ4n) is 3.80. The van der Waals surface area contributed by atoms with E-state index >= 15 is 0 Å². The molecule has 0 unspecified atom stereocenters. The summed E-state index contributed by atoms with van der Waals surface area (Å²) < 4.78 is 10.6. The summed E-state index contributed by atoms with van der Waals surface area (Å²) in [7, 11) is 1.60. The molecule has 8 heteroatoms. The maximum atomic E-state index is 13.2. The minimum atomic E-state index is -0.451. The van der Waals surface area contributed by atoms with Crippen LogP contribution in [0.1, 0.15) is 34.1 Å². The number of amides is 1. The van der Waals surface area contributed by atoms with Gasteiger partial charge in [0, 0.05) is 28.5 Å². The van der Waals surface area contributed by atoms with Crippen molar-refractivity contribution >= 4 is 45.7 Å². The molecule has 6 nitrogen and oxygen atoms in total. The number of hydrogen-bond donors (Lipinski definition) is 0. The summed E-state index contributed by atoms with van der Waals surface area (Å²) in [5.74, 6) is 0.527. The van der Waals surface area contributed by atoms with Gasteiger partial charge in [-0.2, -0.15) is 5.10 Å². The summed E-state index contributed by atoms with van der Waals surface area (Å²) >= 11 is 12.8. The van der Waals surface area contributed by atoms with Crippen molar-refractivity contribution in [1.82, 2.24) is 9.99 Å². The highest BCUT2D eigenvalue weighted by Gasteiger charge is 2.36. The number of ether oxygens (including phenoxy) is 1. The maximum Gasteiger partial charge on any atom is 0.310 e. The Kier molecular flexibility index (Phi) is 5.33. The predicted octanol–water partition coefficient (Wildman–Crippen LogP) is 6.13. The summed E-state index contributed by atoms with van der Waals surface area (Å²) in [6, 6.07) is 17.7. The molecule has 0 N–H and O–H groups in total. The van der Waals surface area contributed by atoms with Crippen LogP contribution in [0.2, 0.25) is 10.2 Å². The van der Waals surface area contributed by atoms with Crippen LogP contribution in [-0.2, 0) is 0 Å². The molecule has 0 aliphatic carbocycles. The van der Waals surface area contributed by atoms with Crippen LogP contribution in [-0.4, -0.2) is 28.7 Å². The lowest BCUT2D eigenvalue weighted by molar-refractivity contribution is 0.0678. The molecule has 0 radical (unpaired) electrons. The topological polar surface area (TPSA) is 67.9 Å². The average molecular weight is 466 g/mol. The molecule has 0 bridgehead atoms. The third-order valence-electron chi connectivity index (χ3n) is 5.37. The summed E-state index contributed by atoms with van der Waals surface area (Å²) in [6.45, 7) is 0. The molecule has 1 aliphatic rings. The Labute approximate surface area is 194 Å². The first-order valence-electron chi connectivity index (χ1n) is 9.88. The zero-order chi connectivity index (χ0) is 22.2. The number of benzene rings is 2. The fraction of sp³-hybridized carbons (Fsp3) is 0.125. The second-order valence-corrected chi connectivity index (χ2v) is 8.13. The van der Waals surface area contributed by atoms with Gasteiger partial charge in [0.15, 0.2) is 5.76 Å². The van der Waals surface area contributed by atoms with Gasteiger partial charge in [-0.05, 0) is 48.0 Å². The predicted molar refractivity (Wildman–Crippen MR) is 124 cm³/mol. The first-order valence-corrected chi connectivity index (χ1v) is 10.6. The molecular weight excluding hydrogens is 449 g/mol. The molecule has 0 saturated heterocycles. The van der Waals surface area contributed by atoms with Gasteiger partial charge in [0.2, 0.25) is 0 Å². The van der Waals surface area contributed by atoms with E-state index < -0.39 is 6.04 Å². The summed E-state index contributed by atoms with van der Waals surface area (Å²) in [4.78, 5) is 17.8. The van der Waals surface area contributed by atoms with Crippen LogP contribution in [0.4, 0.5) is 0 Å². The van der Waals surface area contributed by atoms with Crippen molar-refractivity contribution in [2.45, 2.75) is 12.5 Å². The molecule has 0 spiro atoms. The lowest BCUT2D eigenvalue weighted by atomic mass is 9.98. The van der Waals surface area contributed by atoms with Gasteiger partial charge in [-0.25, -0.2) is 9.99 Å². The van der Waals surface area contributed by atoms with Gasteiger partial charge in [0.25, 0.3) is 0 Å². The monoisotopic (exact) mass is 465 g/mol. The quantitative estimate of drug-likeness (QED) is 0.339. The Morgan fingerprint density at radius 1 is 1.12 bits per heavy atom. The number of halogens is 2. The van der Waals surface area contributed by atoms with Gasteiger partial charge in [0.05, 0.1) is 30.6 Å². The molecule has 1 atom stereocenters. The minimum absolute atomic E-state index is 0.195. The number of hydrogen-bond acceptors (Lipinski definition) is 5. The number of nitrogens with zero attached hydrogens (tertiary/aromatic N) is 3. The molecule has 2 aromatic carbocycles. The van der Waals surface area contributed by atoms with E-state index in [1.165, 1.54) is 11.3 Å². The second-order valence-electron chi connectivity index (χ2n) is 7.33. The van der Waals surface area contributed by atoms with Crippen molar-refractivity contribution in [3.63, 3.8) is 0 Å². The van der Waals surface area contributed by atoms with Crippen LogP contribution in [0, 0.1) is 0 Å². The molecule has 160 valence electrons. The second kappa shape index (κ2) is 8.30. The van der Waals surface area contributed by atoms with E-state index in [1.54, 1.807) is 25.3 Å². The number of methoxy groups -OCH3 is 1. The molecule has 2 aromatic heterocycles. The zero-order valence-corrected chi connectivity index (χ0v) is 18.5. The van der Waals surface area contributed by atoms with Gasteiger partial charge in [-0.1, -0.05) is 35.3 Å². The molecule has 3 heterocycles. The van der Waals surface area contributed by atoms with Crippen molar-refractivity contribution in [3.05, 3.63) is 94.0 Å². The third kappa shape index (κ3) is 3.72. The Balaban J connectivity index is 1.60. The van der Waals surface area contributed by atoms with Crippen LogP contribution >= 0.6 is 23.2 Å². The van der Waals surface area contributed by atoms with Gasteiger partial charge in [-0.3, -0.25) is 4.79 Å². The summed E-state index contributed by atoms with van der Waals surface area (Å²) in [5, 5.41) is 7.82. The van der Waals surface area contributed by atoms with Gasteiger partial charge < -0.3 is 9.15 Å². The summed E-state index contributed by atoms with van der Waals surface area (Å²) in [5.41, 5.74) is 2.97. The first-order chi connectivity index (χ1) is 15.5. The van der Waals surface area contributed by atoms with Crippen molar-refractivity contribution in [2.75, 3.05) is 7.11 Å². The Hall–Kier alpha value is -3.35. The highest BCUT2D eigenvalue weighted by molar-refractivity contribution is 6.31.